The van der Waals surface area contributed by atoms with Gasteiger partial charge in [-0.1, -0.05) is 0 Å². The van der Waals surface area contributed by atoms with Crippen LogP contribution in [0.2, 0.25) is 0 Å². The Hall–Kier alpha value is 1.51. The van der Waals surface area contributed by atoms with Crippen LogP contribution >= 0.6 is 48.1 Å². The molecule has 0 aromatic rings. The van der Waals surface area contributed by atoms with Crippen molar-refractivity contribution in [3.05, 3.63) is 0 Å². The second-order valence-electron chi connectivity index (χ2n) is 1.68. The summed E-state index contributed by atoms with van der Waals surface area (Å²) in [6.45, 7) is 0. The van der Waals surface area contributed by atoms with E-state index >= 15 is 0 Å². The Morgan fingerprint density at radius 1 is 1.22 bits per heavy atom. The zero-order valence-corrected chi connectivity index (χ0v) is 9.28. The maximum atomic E-state index is 3.44. The Labute approximate surface area is 81.2 Å². The van der Waals surface area contributed by atoms with Gasteiger partial charge < -0.3 is 5.14 Å². The Morgan fingerprint density at radius 3 is 2.00 bits per heavy atom. The molecule has 0 aromatic carbocycles. The highest BCUT2D eigenvalue weighted by Crippen LogP contribution is 2.15. The average Bonchev–Trinajstić information content (AvgIpc) is 1.83. The summed E-state index contributed by atoms with van der Waals surface area (Å²) in [5.41, 5.74) is 0. The van der Waals surface area contributed by atoms with Crippen molar-refractivity contribution in [1.82, 2.24) is 12.6 Å². The molecule has 1 saturated heterocycles. The molecule has 9 heavy (non-hydrogen) atoms. The molecule has 1 heterocycles. The zero-order chi connectivity index (χ0) is 6.85. The van der Waals surface area contributed by atoms with Crippen molar-refractivity contribution in [2.75, 3.05) is 0 Å². The predicted octanol–water partition coefficient (Wildman–Crippen LogP) is -0.274. The molecule has 1 fully saturated rings. The lowest BCUT2D eigenvalue weighted by Gasteiger charge is -2.28. The van der Waals surface area contributed by atoms with Crippen LogP contribution in [0.1, 0.15) is 0 Å². The fourth-order valence-electron chi connectivity index (χ4n) is 0.550. The quantitative estimate of drug-likeness (QED) is 0.490. The Kier molecular flexibility index (Phi) is 3.61. The Balaban J connectivity index is 2.41. The molecule has 0 saturated carbocycles. The van der Waals surface area contributed by atoms with Gasteiger partial charge in [0.2, 0.25) is 0 Å². The third-order valence-electron chi connectivity index (χ3n) is 0.988. The van der Waals surface area contributed by atoms with Crippen molar-refractivity contribution in [1.29, 1.82) is 0 Å². The van der Waals surface area contributed by atoms with Crippen LogP contribution in [0.15, 0.2) is 0 Å². The second kappa shape index (κ2) is 3.78. The summed E-state index contributed by atoms with van der Waals surface area (Å²) in [4.78, 5) is 0. The van der Waals surface area contributed by atoms with Crippen LogP contribution in [0.3, 0.4) is 0 Å². The SMILES string of the molecule is BrB1N(Br)BNBN1Br. The minimum absolute atomic E-state index is 0.221. The normalized spacial score (nSPS) is 23.2. The van der Waals surface area contributed by atoms with Gasteiger partial charge in [-0.05, 0) is 32.3 Å². The Morgan fingerprint density at radius 2 is 1.67 bits per heavy atom. The summed E-state index contributed by atoms with van der Waals surface area (Å²) in [5.74, 6) is 0.221. The van der Waals surface area contributed by atoms with Gasteiger partial charge in [0.15, 0.2) is 0 Å². The van der Waals surface area contributed by atoms with E-state index in [-0.39, 0.29) is 5.81 Å². The zero-order valence-electron chi connectivity index (χ0n) is 4.52. The summed E-state index contributed by atoms with van der Waals surface area (Å²) in [5, 5.41) is 3.14. The van der Waals surface area contributed by atoms with Gasteiger partial charge in [0, 0.05) is 0 Å². The largest absolute Gasteiger partial charge is 0.390 e. The number of nitrogens with one attached hydrogen (secondary N) is 1. The minimum atomic E-state index is 0.221. The molecule has 1 N–H and O–H groups in total. The standard InChI is InChI=1S/B3Br3H3N3/c4-3-8(5)1-7-2-9(3)6/h1-2,7H. The molecule has 0 bridgehead atoms. The number of nitrogens with zero attached hydrogens (tertiary/aromatic N) is 2. The fraction of sp³-hybridized carbons (Fsp3) is 0. The lowest BCUT2D eigenvalue weighted by molar-refractivity contribution is 0.966. The van der Waals surface area contributed by atoms with Gasteiger partial charge in [-0.15, -0.1) is 15.8 Å². The lowest BCUT2D eigenvalue weighted by atomic mass is 9.85. The van der Waals surface area contributed by atoms with Crippen LogP contribution in [0.4, 0.5) is 0 Å². The van der Waals surface area contributed by atoms with E-state index in [1.54, 1.807) is 0 Å². The van der Waals surface area contributed by atoms with Gasteiger partial charge in [-0.3, -0.25) is 7.50 Å². The van der Waals surface area contributed by atoms with Crippen molar-refractivity contribution in [3.8, 4) is 0 Å². The van der Waals surface area contributed by atoms with Crippen molar-refractivity contribution in [2.24, 2.45) is 0 Å². The fourth-order valence-corrected chi connectivity index (χ4v) is 1.88. The molecule has 48 valence electrons. The number of halogens is 3. The monoisotopic (exact) mass is 315 g/mol. The third-order valence-corrected chi connectivity index (χ3v) is 4.35. The molecule has 0 aromatic heterocycles. The first-order valence-corrected chi connectivity index (χ1v) is 4.75. The highest BCUT2D eigenvalue weighted by Gasteiger charge is 2.29. The molecular weight excluding hydrogens is 314 g/mol. The summed E-state index contributed by atoms with van der Waals surface area (Å²) in [6.07, 6.45) is 0. The van der Waals surface area contributed by atoms with Gasteiger partial charge in [-0.2, -0.15) is 0 Å². The maximum absolute atomic E-state index is 3.44. The van der Waals surface area contributed by atoms with Gasteiger partial charge in [0.25, 0.3) is 15.1 Å². The van der Waals surface area contributed by atoms with Gasteiger partial charge >= 0.3 is 5.81 Å². The molecule has 0 atom stereocenters. The summed E-state index contributed by atoms with van der Waals surface area (Å²) in [6, 6.07) is 0. The number of hydrogen-bond acceptors (Lipinski definition) is 3. The van der Waals surface area contributed by atoms with Gasteiger partial charge in [0.1, 0.15) is 0 Å². The summed E-state index contributed by atoms with van der Waals surface area (Å²) >= 11 is 10.1. The van der Waals surface area contributed by atoms with Crippen LogP contribution < -0.4 is 5.14 Å². The molecule has 0 amide bonds. The molecule has 3 nitrogen and oxygen atoms in total. The van der Waals surface area contributed by atoms with E-state index in [0.29, 0.717) is 0 Å². The van der Waals surface area contributed by atoms with Crippen LogP contribution in [0.5, 0.6) is 0 Å². The smallest absolute Gasteiger partial charge is 0.376 e. The molecule has 0 radical (unpaired) electrons. The molecule has 0 aliphatic carbocycles. The van der Waals surface area contributed by atoms with Crippen LogP contribution in [-0.4, -0.2) is 28.4 Å². The van der Waals surface area contributed by atoms with Crippen LogP contribution in [-0.2, 0) is 0 Å². The van der Waals surface area contributed by atoms with E-state index < -0.39 is 0 Å². The summed E-state index contributed by atoms with van der Waals surface area (Å²) < 4.78 is 3.90. The van der Waals surface area contributed by atoms with Gasteiger partial charge in [0.05, 0.1) is 0 Å². The van der Waals surface area contributed by atoms with Crippen LogP contribution in [0.25, 0.3) is 0 Å². The highest BCUT2D eigenvalue weighted by atomic mass is 79.9. The highest BCUT2D eigenvalue weighted by molar-refractivity contribution is 9.26. The van der Waals surface area contributed by atoms with E-state index in [0.717, 1.165) is 15.1 Å². The molecule has 1 aliphatic heterocycles. The minimum Gasteiger partial charge on any atom is -0.376 e. The van der Waals surface area contributed by atoms with Crippen molar-refractivity contribution in [2.45, 2.75) is 0 Å². The van der Waals surface area contributed by atoms with E-state index in [4.69, 9.17) is 0 Å². The number of hydrogen-bond donors (Lipinski definition) is 1. The third kappa shape index (κ3) is 2.23. The molecule has 0 spiro atoms. The topological polar surface area (TPSA) is 18.5 Å². The predicted molar refractivity (Wildman–Crippen MR) is 53.6 cm³/mol. The van der Waals surface area contributed by atoms with E-state index in [1.165, 1.54) is 0 Å². The molecular formula is H3B3Br3N3. The Bertz CT molecular complexity index is 90.3. The molecule has 0 unspecified atom stereocenters. The first-order chi connectivity index (χ1) is 4.22. The van der Waals surface area contributed by atoms with Crippen molar-refractivity contribution < 1.29 is 0 Å². The van der Waals surface area contributed by atoms with Crippen LogP contribution in [0, 0.1) is 0 Å². The average molecular weight is 317 g/mol. The summed E-state index contributed by atoms with van der Waals surface area (Å²) in [7, 11) is 1.69. The van der Waals surface area contributed by atoms with Crippen molar-refractivity contribution >= 4 is 69.0 Å². The molecule has 9 heteroatoms. The first kappa shape index (κ1) is 8.61. The maximum Gasteiger partial charge on any atom is 0.390 e. The second-order valence-corrected chi connectivity index (χ2v) is 4.32. The molecule has 1 rings (SSSR count). The van der Waals surface area contributed by atoms with Gasteiger partial charge in [-0.25, -0.2) is 0 Å². The molecule has 1 aliphatic rings. The lowest BCUT2D eigenvalue weighted by Crippen LogP contribution is -2.57. The van der Waals surface area contributed by atoms with E-state index in [9.17, 15) is 0 Å². The van der Waals surface area contributed by atoms with E-state index in [1.807, 2.05) is 7.50 Å². The number of rotatable bonds is 0. The van der Waals surface area contributed by atoms with E-state index in [2.05, 4.69) is 53.2 Å². The van der Waals surface area contributed by atoms with Crippen molar-refractivity contribution in [3.63, 3.8) is 0 Å². The first-order valence-electron chi connectivity index (χ1n) is 2.41.